The number of fused-ring (bicyclic) bond motifs is 7. The van der Waals surface area contributed by atoms with Gasteiger partial charge in [-0.25, -0.2) is 0 Å². The molecule has 59 heavy (non-hydrogen) atoms. The molecule has 3 heterocycles. The second-order valence-electron chi connectivity index (χ2n) is 16.9. The van der Waals surface area contributed by atoms with Crippen LogP contribution in [0.3, 0.4) is 0 Å². The zero-order valence-corrected chi connectivity index (χ0v) is 38.8. The summed E-state index contributed by atoms with van der Waals surface area (Å²) in [7, 11) is -1.23. The molecule has 0 aliphatic heterocycles. The molecule has 1 radical (unpaired) electrons. The quantitative estimate of drug-likeness (QED) is 0.0944. The van der Waals surface area contributed by atoms with Crippen LogP contribution in [0.4, 0.5) is 0 Å². The predicted molar refractivity (Wildman–Crippen MR) is 253 cm³/mol. The summed E-state index contributed by atoms with van der Waals surface area (Å²) in [6.07, 6.45) is 2.02. The molecule has 0 spiro atoms. The van der Waals surface area contributed by atoms with E-state index in [9.17, 15) is 0 Å². The zero-order valence-electron chi connectivity index (χ0n) is 34.6. The second-order valence-corrected chi connectivity index (χ2v) is 23.1. The van der Waals surface area contributed by atoms with Gasteiger partial charge in [-0.1, -0.05) is 132 Å². The van der Waals surface area contributed by atoms with Gasteiger partial charge in [0.2, 0.25) is 0 Å². The van der Waals surface area contributed by atoms with Crippen LogP contribution in [0.15, 0.2) is 146 Å². The average molecular weight is 978 g/mol. The molecule has 0 saturated carbocycles. The second kappa shape index (κ2) is 16.4. The fourth-order valence-electron chi connectivity index (χ4n) is 8.10. The molecule has 0 amide bonds. The Hall–Kier alpha value is -5.23. The topological polar surface area (TPSA) is 30.7 Å². The Balaban J connectivity index is 0.000000240. The van der Waals surface area contributed by atoms with Crippen LogP contribution in [0.2, 0.25) is 19.6 Å². The van der Waals surface area contributed by atoms with Crippen LogP contribution in [0.1, 0.15) is 50.7 Å². The van der Waals surface area contributed by atoms with Crippen molar-refractivity contribution in [1.82, 2.24) is 14.5 Å². The molecular weight excluding hydrogens is 931 g/mol. The van der Waals surface area contributed by atoms with E-state index < -0.39 is 8.07 Å². The van der Waals surface area contributed by atoms with Gasteiger partial charge in [-0.2, -0.15) is 11.3 Å². The summed E-state index contributed by atoms with van der Waals surface area (Å²) in [5, 5.41) is 9.11. The monoisotopic (exact) mass is 978 g/mol. The molecular formula is C53H47IrN3SSi-2. The molecule has 0 atom stereocenters. The van der Waals surface area contributed by atoms with Crippen LogP contribution < -0.4 is 5.19 Å². The van der Waals surface area contributed by atoms with Crippen molar-refractivity contribution in [2.24, 2.45) is 0 Å². The van der Waals surface area contributed by atoms with Crippen molar-refractivity contribution < 1.29 is 20.1 Å². The van der Waals surface area contributed by atoms with Crippen molar-refractivity contribution >= 4 is 77.3 Å². The number of para-hydroxylation sites is 3. The maximum absolute atomic E-state index is 5.26. The largest absolute Gasteiger partial charge is 0.333 e. The van der Waals surface area contributed by atoms with E-state index in [4.69, 9.17) is 4.98 Å². The van der Waals surface area contributed by atoms with Gasteiger partial charge in [0.25, 0.3) is 0 Å². The predicted octanol–water partition coefficient (Wildman–Crippen LogP) is 14.5. The number of hydrogen-bond acceptors (Lipinski definition) is 3. The van der Waals surface area contributed by atoms with E-state index in [1.54, 1.807) is 0 Å². The van der Waals surface area contributed by atoms with Gasteiger partial charge in [0.15, 0.2) is 0 Å². The van der Waals surface area contributed by atoms with Crippen molar-refractivity contribution in [3.63, 3.8) is 0 Å². The first kappa shape index (κ1) is 40.5. The van der Waals surface area contributed by atoms with Crippen LogP contribution in [0.5, 0.6) is 0 Å². The molecule has 0 bridgehead atoms. The standard InChI is InChI=1S/C39H31N2S.C14H16NSi.Ir/c1-23(2)28-12-9-13-29(24(3)4)38(28)41-35-15-8-7-14-34(35)40-39(41)27-18-19-36-32(20-27)33-22-31-26(21-37(33)42-36)17-16-25-10-5-6-11-30(25)31;1-16(2,3)13-9-10-14(15-11-13)12-7-5-4-6-8-12;/h5-17,19-24H,1-4H3;4-7,9-11H,1-3H3;/q2*-1;. The van der Waals surface area contributed by atoms with E-state index in [1.807, 2.05) is 41.8 Å². The number of rotatable bonds is 6. The van der Waals surface area contributed by atoms with E-state index in [-0.39, 0.29) is 20.1 Å². The van der Waals surface area contributed by atoms with Crippen LogP contribution in [-0.4, -0.2) is 22.6 Å². The Labute approximate surface area is 366 Å². The number of thiophene rings is 1. The summed E-state index contributed by atoms with van der Waals surface area (Å²) >= 11 is 1.85. The smallest absolute Gasteiger partial charge is 0.0795 e. The minimum atomic E-state index is -1.23. The Morgan fingerprint density at radius 2 is 1.32 bits per heavy atom. The number of benzene rings is 7. The van der Waals surface area contributed by atoms with Gasteiger partial charge >= 0.3 is 0 Å². The van der Waals surface area contributed by atoms with Gasteiger partial charge in [0.05, 0.1) is 24.9 Å². The molecule has 0 fully saturated rings. The Kier molecular flexibility index (Phi) is 11.3. The zero-order chi connectivity index (χ0) is 40.1. The third-order valence-corrected chi connectivity index (χ3v) is 14.4. The minimum absolute atomic E-state index is 0. The summed E-state index contributed by atoms with van der Waals surface area (Å²) in [5.41, 5.74) is 9.15. The fourth-order valence-corrected chi connectivity index (χ4v) is 10.2. The van der Waals surface area contributed by atoms with Gasteiger partial charge in [0, 0.05) is 36.7 Å². The first-order valence-electron chi connectivity index (χ1n) is 20.3. The summed E-state index contributed by atoms with van der Waals surface area (Å²) < 4.78 is 4.95. The van der Waals surface area contributed by atoms with Gasteiger partial charge < -0.3 is 9.55 Å². The van der Waals surface area contributed by atoms with E-state index in [0.717, 1.165) is 33.7 Å². The van der Waals surface area contributed by atoms with Gasteiger partial charge in [-0.15, -0.1) is 59.7 Å². The molecule has 3 aromatic heterocycles. The summed E-state index contributed by atoms with van der Waals surface area (Å²) in [4.78, 5) is 9.78. The molecule has 0 unspecified atom stereocenters. The van der Waals surface area contributed by atoms with Gasteiger partial charge in [0.1, 0.15) is 0 Å². The number of hydrogen-bond donors (Lipinski definition) is 0. The summed E-state index contributed by atoms with van der Waals surface area (Å²) in [6.45, 7) is 16.1. The van der Waals surface area contributed by atoms with Crippen LogP contribution in [0, 0.1) is 12.1 Å². The van der Waals surface area contributed by atoms with Crippen molar-refractivity contribution in [1.29, 1.82) is 0 Å². The van der Waals surface area contributed by atoms with Crippen molar-refractivity contribution in [2.75, 3.05) is 0 Å². The summed E-state index contributed by atoms with van der Waals surface area (Å²) in [5.74, 6) is 1.70. The summed E-state index contributed by atoms with van der Waals surface area (Å²) in [6, 6.07) is 56.8. The molecule has 10 rings (SSSR count). The first-order valence-corrected chi connectivity index (χ1v) is 24.6. The third kappa shape index (κ3) is 7.71. The molecule has 0 N–H and O–H groups in total. The Morgan fingerprint density at radius 1 is 0.610 bits per heavy atom. The third-order valence-electron chi connectivity index (χ3n) is 11.3. The van der Waals surface area contributed by atoms with Crippen molar-refractivity contribution in [3.05, 3.63) is 169 Å². The first-order chi connectivity index (χ1) is 28.0. The Bertz CT molecular complexity index is 3080. The molecule has 3 nitrogen and oxygen atoms in total. The average Bonchev–Trinajstić information content (AvgIpc) is 3.80. The van der Waals surface area contributed by atoms with Crippen molar-refractivity contribution in [2.45, 2.75) is 59.2 Å². The number of imidazole rings is 1. The number of aromatic nitrogens is 3. The molecule has 295 valence electrons. The minimum Gasteiger partial charge on any atom is -0.333 e. The molecule has 0 saturated heterocycles. The van der Waals surface area contributed by atoms with E-state index in [1.165, 1.54) is 63.7 Å². The van der Waals surface area contributed by atoms with Crippen LogP contribution in [0.25, 0.3) is 81.1 Å². The normalized spacial score (nSPS) is 11.8. The van der Waals surface area contributed by atoms with Crippen LogP contribution in [-0.2, 0) is 20.1 Å². The maximum atomic E-state index is 5.26. The molecule has 0 aliphatic rings. The Morgan fingerprint density at radius 3 is 2.03 bits per heavy atom. The number of nitrogens with zero attached hydrogens (tertiary/aromatic N) is 3. The molecule has 0 aliphatic carbocycles. The molecule has 6 heteroatoms. The maximum Gasteiger partial charge on any atom is 0.0795 e. The van der Waals surface area contributed by atoms with Crippen LogP contribution >= 0.6 is 11.3 Å². The fraction of sp³-hybridized carbons (Fsp3) is 0.170. The molecule has 10 aromatic rings. The number of pyridine rings is 1. The van der Waals surface area contributed by atoms with Crippen molar-refractivity contribution in [3.8, 4) is 28.3 Å². The van der Waals surface area contributed by atoms with Gasteiger partial charge in [-0.3, -0.25) is 4.98 Å². The molecule has 7 aromatic carbocycles. The van der Waals surface area contributed by atoms with Gasteiger partial charge in [-0.05, 0) is 89.7 Å². The SMILES string of the molecule is CC(C)c1cccc(C(C)C)c1-n1c(-c2[c-]cc3sc4cc5ccc6ccccc6c5cc4c3c2)nc2ccccc21.C[Si](C)(C)c1ccc(-c2[c-]cccc2)nc1.[Ir]. The van der Waals surface area contributed by atoms with E-state index >= 15 is 0 Å². The van der Waals surface area contributed by atoms with E-state index in [0.29, 0.717) is 11.8 Å². The van der Waals surface area contributed by atoms with E-state index in [2.05, 4.69) is 184 Å².